The van der Waals surface area contributed by atoms with Gasteiger partial charge in [-0.1, -0.05) is 139 Å². The minimum atomic E-state index is -0.887. The Kier molecular flexibility index (Phi) is 44.5. The Morgan fingerprint density at radius 3 is 1.21 bits per heavy atom. The number of benzene rings is 3. The highest BCUT2D eigenvalue weighted by Gasteiger charge is 2.23. The monoisotopic (exact) mass is 1610 g/mol. The number of aromatic amines is 1. The Hall–Kier alpha value is -7.50. The molecular weight excluding hydrogens is 1520 g/mol. The minimum Gasteiger partial charge on any atom is -0.477 e. The largest absolute Gasteiger partial charge is 0.477 e. The maximum Gasteiger partial charge on any atom is 0.354 e. The normalized spacial score (nSPS) is 12.9. The van der Waals surface area contributed by atoms with Gasteiger partial charge in [0.25, 0.3) is 0 Å². The summed E-state index contributed by atoms with van der Waals surface area (Å²) in [5, 5.41) is 14.2. The molecule has 556 valence electrons. The van der Waals surface area contributed by atoms with Gasteiger partial charge in [0.15, 0.2) is 6.29 Å². The maximum atomic E-state index is 11.7. The van der Waals surface area contributed by atoms with Crippen molar-refractivity contribution >= 4 is 134 Å². The number of aromatic carboxylic acids is 1. The fourth-order valence-electron chi connectivity index (χ4n) is 10.1. The molecule has 8 aromatic rings. The molecule has 0 unspecified atom stereocenters. The molecule has 0 spiro atoms. The highest BCUT2D eigenvalue weighted by Crippen LogP contribution is 2.29. The first-order chi connectivity index (χ1) is 47.0. The summed E-state index contributed by atoms with van der Waals surface area (Å²) in [6, 6.07) is 36.0. The molecule has 3 saturated heterocycles. The number of halogens is 6. The lowest BCUT2D eigenvalue weighted by Crippen LogP contribution is -2.46. The number of H-pyrrole nitrogens is 1. The van der Waals surface area contributed by atoms with E-state index >= 15 is 0 Å². The third kappa shape index (κ3) is 30.2. The Bertz CT molecular complexity index is 3710. The molecule has 0 amide bonds. The van der Waals surface area contributed by atoms with E-state index in [1.165, 1.54) is 41.6 Å². The number of nitrogens with zero attached hydrogens (tertiary/aromatic N) is 9. The Balaban J connectivity index is 0.000000612. The van der Waals surface area contributed by atoms with Gasteiger partial charge in [-0.15, -0.1) is 0 Å². The quantitative estimate of drug-likeness (QED) is 0.0302. The van der Waals surface area contributed by atoms with Crippen LogP contribution in [0.25, 0.3) is 0 Å². The zero-order chi connectivity index (χ0) is 72.3. The van der Waals surface area contributed by atoms with Gasteiger partial charge < -0.3 is 72.1 Å². The lowest BCUT2D eigenvalue weighted by atomic mass is 10.2. The number of aryl methyl sites for hydroxylation is 4. The summed E-state index contributed by atoms with van der Waals surface area (Å²) in [7, 11) is 14.0. The maximum absolute atomic E-state index is 11.7. The summed E-state index contributed by atoms with van der Waals surface area (Å²) in [6.45, 7) is 13.3. The number of piperazine rings is 3. The van der Waals surface area contributed by atoms with Crippen molar-refractivity contribution in [2.45, 2.75) is 40.4 Å². The first-order valence-corrected chi connectivity index (χ1v) is 34.8. The number of methoxy groups -OCH3 is 5. The number of ether oxygens (including phenoxy) is 5. The number of para-hydroxylation sites is 3. The number of nitrogens with one attached hydrogen (secondary N) is 2. The Labute approximate surface area is 634 Å². The second-order valence-corrected chi connectivity index (χ2v) is 23.8. The van der Waals surface area contributed by atoms with E-state index in [4.69, 9.17) is 67.8 Å². The van der Waals surface area contributed by atoms with Crippen LogP contribution >= 0.6 is 80.6 Å². The number of rotatable bonds is 14. The standard InChI is InChI=1S/C18H22ClN3O2.C17H20ClN3O2.C10H13ClN2.C8H9NO3.C7H9NO2.C6H7NO2.C2H4Cl2O.CH3I.3CH4/c1-20-12-14(11-17(20)18(23)24-2)13-21-7-9-22(10-8-21)16-6-4-3-5-15(16)19;1-19-11-13(10-16(19)17(22)23)12-20-6-8-21(9-7-20)15-5-3-2-4-14(15)18;11-9-3-1-2-4-10(9)13-7-5-12-6-8-13;1-9-4-6(5-10)3-7(9)8(11)12-2;1-8-5-3-4-6(8)7(9)10-2;1-9-6(8)5-3-2-4-7-5;1-5-2(3)4;1-2;;;/h3-6,11-12H,7-10,13H2,1-2H3;2-5,10-11H,6-9,12H2,1H3,(H,22,23);1-4,12H,5-8H2;3-5H,1-2H3;3-5H,1-2H3;2-4,7H,1H3;2H,1H3;1H3;3*1H4. The lowest BCUT2D eigenvalue weighted by Gasteiger charge is -2.36. The van der Waals surface area contributed by atoms with E-state index in [2.05, 4.69) is 88.5 Å². The van der Waals surface area contributed by atoms with Gasteiger partial charge in [0.2, 0.25) is 5.02 Å². The van der Waals surface area contributed by atoms with Gasteiger partial charge in [0, 0.05) is 163 Å². The second kappa shape index (κ2) is 49.2. The van der Waals surface area contributed by atoms with Gasteiger partial charge in [-0.05, 0) is 94.9 Å². The fraction of sp³-hybridized carbons (Fsp3) is 0.389. The van der Waals surface area contributed by atoms with Crippen molar-refractivity contribution in [2.24, 2.45) is 28.2 Å². The van der Waals surface area contributed by atoms with Gasteiger partial charge in [-0.25, -0.2) is 24.0 Å². The third-order valence-corrected chi connectivity index (χ3v) is 16.4. The minimum absolute atomic E-state index is 0. The van der Waals surface area contributed by atoms with Crippen molar-refractivity contribution in [1.29, 1.82) is 0 Å². The molecule has 0 atom stereocenters. The van der Waals surface area contributed by atoms with E-state index in [-0.39, 0.29) is 40.2 Å². The third-order valence-electron chi connectivity index (χ3n) is 15.1. The topological polar surface area (TPSA) is 233 Å². The van der Waals surface area contributed by atoms with Gasteiger partial charge in [-0.3, -0.25) is 14.6 Å². The number of aromatic nitrogens is 5. The highest BCUT2D eigenvalue weighted by molar-refractivity contribution is 14.1. The smallest absolute Gasteiger partial charge is 0.354 e. The molecule has 29 heteroatoms. The number of carboxylic acids is 1. The number of carbonyl (C=O) groups is 6. The van der Waals surface area contributed by atoms with Crippen LogP contribution in [0.2, 0.25) is 15.1 Å². The summed E-state index contributed by atoms with van der Waals surface area (Å²) in [5.74, 6) is -2.26. The second-order valence-electron chi connectivity index (χ2n) is 21.6. The number of aldehydes is 1. The lowest BCUT2D eigenvalue weighted by molar-refractivity contribution is 0.0581. The molecule has 0 aliphatic carbocycles. The SMILES string of the molecule is C.C.C.CI.COC(=O)c1cc(C=O)cn1C.COC(=O)c1cc(CN2CCN(c3ccccc3Cl)CC2)cn1C.COC(=O)c1ccc[nH]1.COC(=O)c1cccn1C.COC(Cl)Cl.Clc1ccccc1N1CCNCC1.Cn1cc(CN2CCN(c3ccccc3Cl)CC2)cc1C(=O)O. The molecule has 3 aromatic carbocycles. The van der Waals surface area contributed by atoms with E-state index in [9.17, 15) is 28.8 Å². The summed E-state index contributed by atoms with van der Waals surface area (Å²) in [5.41, 5.74) is 8.33. The number of anilines is 3. The molecule has 3 aliphatic rings. The van der Waals surface area contributed by atoms with Crippen molar-refractivity contribution in [2.75, 3.05) is 134 Å². The Morgan fingerprint density at radius 2 is 0.871 bits per heavy atom. The zero-order valence-electron chi connectivity index (χ0n) is 56.6. The molecule has 3 fully saturated rings. The van der Waals surface area contributed by atoms with Crippen molar-refractivity contribution in [3.63, 3.8) is 0 Å². The molecule has 0 radical (unpaired) electrons. The highest BCUT2D eigenvalue weighted by atomic mass is 127. The molecule has 5 aromatic heterocycles. The number of hydrogen-bond acceptors (Lipinski definition) is 17. The fourth-order valence-corrected chi connectivity index (χ4v) is 10.9. The molecule has 8 heterocycles. The molecule has 3 aliphatic heterocycles. The van der Waals surface area contributed by atoms with Crippen LogP contribution in [-0.2, 0) is 65.0 Å². The zero-order valence-corrected chi connectivity index (χ0v) is 62.6. The summed E-state index contributed by atoms with van der Waals surface area (Å²) >= 11 is 30.8. The molecule has 23 nitrogen and oxygen atoms in total. The van der Waals surface area contributed by atoms with Crippen LogP contribution in [0.4, 0.5) is 17.1 Å². The van der Waals surface area contributed by atoms with Crippen LogP contribution < -0.4 is 20.0 Å². The number of alkyl halides is 3. The predicted molar refractivity (Wildman–Crippen MR) is 417 cm³/mol. The predicted octanol–water partition coefficient (Wildman–Crippen LogP) is 13.8. The summed E-state index contributed by atoms with van der Waals surface area (Å²) in [4.78, 5) is 82.0. The van der Waals surface area contributed by atoms with Crippen molar-refractivity contribution in [3.05, 3.63) is 206 Å². The van der Waals surface area contributed by atoms with E-state index in [1.807, 2.05) is 95.7 Å². The van der Waals surface area contributed by atoms with Crippen molar-refractivity contribution in [1.82, 2.24) is 38.4 Å². The summed E-state index contributed by atoms with van der Waals surface area (Å²) in [6.07, 6.45) is 9.61. The number of hydrogen-bond donors (Lipinski definition) is 3. The van der Waals surface area contributed by atoms with Gasteiger partial charge in [0.05, 0.1) is 60.6 Å². The average Bonchev–Trinajstić information content (AvgIpc) is 1.82. The molecule has 0 saturated carbocycles. The van der Waals surface area contributed by atoms with Crippen LogP contribution in [0, 0.1) is 0 Å². The number of esters is 4. The number of carboxylic acid groups (broad SMARTS) is 1. The Morgan fingerprint density at radius 1 is 0.495 bits per heavy atom. The first-order valence-electron chi connectivity index (χ1n) is 30.6. The van der Waals surface area contributed by atoms with Crippen LogP contribution in [0.15, 0.2) is 146 Å². The molecule has 3 N–H and O–H groups in total. The van der Waals surface area contributed by atoms with Crippen LogP contribution in [0.5, 0.6) is 0 Å². The van der Waals surface area contributed by atoms with Crippen molar-refractivity contribution < 1.29 is 57.6 Å². The van der Waals surface area contributed by atoms with E-state index in [1.54, 1.807) is 83.8 Å². The molecular formula is C72H99Cl5IN11O12. The molecule has 0 bridgehead atoms. The van der Waals surface area contributed by atoms with Crippen LogP contribution in [0.3, 0.4) is 0 Å². The van der Waals surface area contributed by atoms with Crippen LogP contribution in [0.1, 0.15) is 96.2 Å². The first kappa shape index (κ1) is 91.5. The van der Waals surface area contributed by atoms with E-state index in [0.29, 0.717) is 40.3 Å². The van der Waals surface area contributed by atoms with E-state index in [0.717, 1.165) is 135 Å². The molecule has 101 heavy (non-hydrogen) atoms. The van der Waals surface area contributed by atoms with Gasteiger partial charge in [0.1, 0.15) is 28.5 Å². The van der Waals surface area contributed by atoms with Crippen LogP contribution in [-0.4, -0.2) is 198 Å². The van der Waals surface area contributed by atoms with Gasteiger partial charge in [-0.2, -0.15) is 0 Å². The average molecular weight is 1610 g/mol. The summed E-state index contributed by atoms with van der Waals surface area (Å²) < 4.78 is 29.3. The number of carbonyl (C=O) groups excluding carboxylic acids is 5. The van der Waals surface area contributed by atoms with E-state index < -0.39 is 17.0 Å². The van der Waals surface area contributed by atoms with Crippen molar-refractivity contribution in [3.8, 4) is 0 Å². The molecule has 11 rings (SSSR count). The van der Waals surface area contributed by atoms with Gasteiger partial charge >= 0.3 is 29.8 Å².